The monoisotopic (exact) mass is 288 g/mol. The number of aryl methyl sites for hydroxylation is 1. The van der Waals surface area contributed by atoms with Crippen molar-refractivity contribution < 1.29 is 27.5 Å². The van der Waals surface area contributed by atoms with Crippen LogP contribution in [0.4, 0.5) is 13.2 Å². The Labute approximate surface area is 112 Å². The second-order valence-electron chi connectivity index (χ2n) is 4.13. The molecule has 1 aromatic carbocycles. The van der Waals surface area contributed by atoms with E-state index in [9.17, 15) is 18.3 Å². The van der Waals surface area contributed by atoms with E-state index < -0.39 is 19.4 Å². The average Bonchev–Trinajstić information content (AvgIpc) is 2.80. The van der Waals surface area contributed by atoms with Crippen molar-refractivity contribution in [3.05, 3.63) is 29.6 Å². The Morgan fingerprint density at radius 1 is 1.35 bits per heavy atom. The van der Waals surface area contributed by atoms with Gasteiger partial charge < -0.3 is 14.4 Å². The van der Waals surface area contributed by atoms with Crippen LogP contribution in [0.2, 0.25) is 0 Å². The molecule has 2 rings (SSSR count). The van der Waals surface area contributed by atoms with Gasteiger partial charge in [0.25, 0.3) is 5.89 Å². The fourth-order valence-electron chi connectivity index (χ4n) is 1.43. The average molecular weight is 288 g/mol. The van der Waals surface area contributed by atoms with Crippen LogP contribution in [0.25, 0.3) is 11.5 Å². The maximum absolute atomic E-state index is 11.9. The molecule has 1 aromatic heterocycles. The molecule has 2 aromatic rings. The van der Waals surface area contributed by atoms with Gasteiger partial charge in [0.2, 0.25) is 0 Å². The van der Waals surface area contributed by atoms with E-state index in [0.29, 0.717) is 11.1 Å². The van der Waals surface area contributed by atoms with Crippen LogP contribution in [0.1, 0.15) is 11.4 Å². The number of aromatic nitrogens is 2. The van der Waals surface area contributed by atoms with E-state index in [1.165, 1.54) is 6.07 Å². The van der Waals surface area contributed by atoms with Gasteiger partial charge in [0.15, 0.2) is 5.82 Å². The third-order valence-electron chi connectivity index (χ3n) is 2.42. The first-order chi connectivity index (χ1) is 9.35. The summed E-state index contributed by atoms with van der Waals surface area (Å²) in [5, 5.41) is 13.1. The molecule has 5 nitrogen and oxygen atoms in total. The first kappa shape index (κ1) is 14.3. The third kappa shape index (κ3) is 3.70. The Morgan fingerprint density at radius 3 is 2.75 bits per heavy atom. The SMILES string of the molecule is Cc1ccc(-c2nc(COCC(F)(F)F)no2)cc1O. The highest BCUT2D eigenvalue weighted by Crippen LogP contribution is 2.25. The molecular formula is C12H11F3N2O3. The summed E-state index contributed by atoms with van der Waals surface area (Å²) in [5.41, 5.74) is 1.16. The van der Waals surface area contributed by atoms with Gasteiger partial charge in [-0.05, 0) is 24.6 Å². The summed E-state index contributed by atoms with van der Waals surface area (Å²) in [7, 11) is 0. The number of halogens is 3. The molecule has 0 radical (unpaired) electrons. The summed E-state index contributed by atoms with van der Waals surface area (Å²) in [6.45, 7) is -0.0492. The maximum Gasteiger partial charge on any atom is 0.411 e. The van der Waals surface area contributed by atoms with Crippen LogP contribution in [-0.4, -0.2) is 28.0 Å². The largest absolute Gasteiger partial charge is 0.508 e. The molecule has 0 amide bonds. The quantitative estimate of drug-likeness (QED) is 0.937. The molecule has 0 spiro atoms. The lowest BCUT2D eigenvalue weighted by Gasteiger charge is -2.04. The molecular weight excluding hydrogens is 277 g/mol. The lowest BCUT2D eigenvalue weighted by Crippen LogP contribution is -2.16. The Bertz CT molecular complexity index is 596. The lowest BCUT2D eigenvalue weighted by atomic mass is 10.1. The molecule has 0 unspecified atom stereocenters. The van der Waals surface area contributed by atoms with E-state index in [4.69, 9.17) is 4.52 Å². The summed E-state index contributed by atoms with van der Waals surface area (Å²) in [6, 6.07) is 4.75. The first-order valence-corrected chi connectivity index (χ1v) is 5.62. The summed E-state index contributed by atoms with van der Waals surface area (Å²) in [5.74, 6) is 0.172. The highest BCUT2D eigenvalue weighted by Gasteiger charge is 2.27. The highest BCUT2D eigenvalue weighted by atomic mass is 19.4. The zero-order chi connectivity index (χ0) is 14.8. The molecule has 8 heteroatoms. The van der Waals surface area contributed by atoms with Crippen LogP contribution in [0.15, 0.2) is 22.7 Å². The van der Waals surface area contributed by atoms with Gasteiger partial charge in [-0.3, -0.25) is 0 Å². The molecule has 0 saturated heterocycles. The molecule has 0 atom stereocenters. The Kier molecular flexibility index (Phi) is 3.93. The van der Waals surface area contributed by atoms with Crippen molar-refractivity contribution in [3.8, 4) is 17.2 Å². The number of aromatic hydroxyl groups is 1. The predicted molar refractivity (Wildman–Crippen MR) is 61.8 cm³/mol. The molecule has 1 N–H and O–H groups in total. The number of hydrogen-bond acceptors (Lipinski definition) is 5. The Morgan fingerprint density at radius 2 is 2.10 bits per heavy atom. The summed E-state index contributed by atoms with van der Waals surface area (Å²) in [6.07, 6.45) is -4.39. The number of hydrogen-bond donors (Lipinski definition) is 1. The fraction of sp³-hybridized carbons (Fsp3) is 0.333. The minimum absolute atomic E-state index is 0.00400. The number of rotatable bonds is 4. The van der Waals surface area contributed by atoms with Crippen LogP contribution < -0.4 is 0 Å². The van der Waals surface area contributed by atoms with Gasteiger partial charge in [0.05, 0.1) is 0 Å². The number of benzene rings is 1. The normalized spacial score (nSPS) is 11.8. The van der Waals surface area contributed by atoms with Gasteiger partial charge in [-0.15, -0.1) is 0 Å². The second kappa shape index (κ2) is 5.49. The number of phenolic OH excluding ortho intramolecular Hbond substituents is 1. The molecule has 0 fully saturated rings. The van der Waals surface area contributed by atoms with Crippen molar-refractivity contribution in [1.29, 1.82) is 0 Å². The van der Waals surface area contributed by atoms with Gasteiger partial charge in [-0.25, -0.2) is 0 Å². The second-order valence-corrected chi connectivity index (χ2v) is 4.13. The van der Waals surface area contributed by atoms with Crippen molar-refractivity contribution in [2.75, 3.05) is 6.61 Å². The van der Waals surface area contributed by atoms with E-state index in [1.807, 2.05) is 0 Å². The van der Waals surface area contributed by atoms with Crippen molar-refractivity contribution in [1.82, 2.24) is 10.1 Å². The molecule has 20 heavy (non-hydrogen) atoms. The summed E-state index contributed by atoms with van der Waals surface area (Å²) in [4.78, 5) is 3.89. The van der Waals surface area contributed by atoms with Crippen LogP contribution in [0.3, 0.4) is 0 Å². The van der Waals surface area contributed by atoms with Crippen LogP contribution in [0.5, 0.6) is 5.75 Å². The van der Waals surface area contributed by atoms with Crippen LogP contribution in [0, 0.1) is 6.92 Å². The molecule has 1 heterocycles. The Hall–Kier alpha value is -2.09. The number of ether oxygens (including phenoxy) is 1. The van der Waals surface area contributed by atoms with E-state index in [2.05, 4.69) is 14.9 Å². The zero-order valence-corrected chi connectivity index (χ0v) is 10.4. The smallest absolute Gasteiger partial charge is 0.411 e. The zero-order valence-electron chi connectivity index (χ0n) is 10.4. The molecule has 0 aliphatic heterocycles. The number of alkyl halides is 3. The minimum atomic E-state index is -4.39. The van der Waals surface area contributed by atoms with E-state index in [-0.39, 0.29) is 17.5 Å². The van der Waals surface area contributed by atoms with Gasteiger partial charge in [0.1, 0.15) is 19.0 Å². The van der Waals surface area contributed by atoms with Crippen molar-refractivity contribution >= 4 is 0 Å². The van der Waals surface area contributed by atoms with Crippen molar-refractivity contribution in [2.45, 2.75) is 19.7 Å². The number of nitrogens with zero attached hydrogens (tertiary/aromatic N) is 2. The van der Waals surface area contributed by atoms with E-state index in [0.717, 1.165) is 0 Å². The molecule has 108 valence electrons. The standard InChI is InChI=1S/C12H11F3N2O3/c1-7-2-3-8(4-9(7)18)11-16-10(17-20-11)5-19-6-12(13,14)15/h2-4,18H,5-6H2,1H3. The molecule has 0 saturated carbocycles. The van der Waals surface area contributed by atoms with Crippen molar-refractivity contribution in [2.24, 2.45) is 0 Å². The van der Waals surface area contributed by atoms with Gasteiger partial charge >= 0.3 is 6.18 Å². The Balaban J connectivity index is 2.03. The van der Waals surface area contributed by atoms with Gasteiger partial charge in [-0.2, -0.15) is 18.2 Å². The summed E-state index contributed by atoms with van der Waals surface area (Å²) < 4.78 is 45.0. The number of phenols is 1. The fourth-order valence-corrected chi connectivity index (χ4v) is 1.43. The minimum Gasteiger partial charge on any atom is -0.508 e. The predicted octanol–water partition coefficient (Wildman–Crippen LogP) is 2.83. The summed E-state index contributed by atoms with van der Waals surface area (Å²) >= 11 is 0. The topological polar surface area (TPSA) is 68.4 Å². The first-order valence-electron chi connectivity index (χ1n) is 5.62. The molecule has 0 bridgehead atoms. The van der Waals surface area contributed by atoms with Gasteiger partial charge in [0, 0.05) is 5.56 Å². The highest BCUT2D eigenvalue weighted by molar-refractivity contribution is 5.57. The third-order valence-corrected chi connectivity index (χ3v) is 2.42. The molecule has 0 aliphatic rings. The lowest BCUT2D eigenvalue weighted by molar-refractivity contribution is -0.177. The van der Waals surface area contributed by atoms with Crippen molar-refractivity contribution in [3.63, 3.8) is 0 Å². The van der Waals surface area contributed by atoms with E-state index in [1.54, 1.807) is 19.1 Å². The maximum atomic E-state index is 11.9. The van der Waals surface area contributed by atoms with Crippen LogP contribution >= 0.6 is 0 Å². The van der Waals surface area contributed by atoms with Crippen LogP contribution in [-0.2, 0) is 11.3 Å². The van der Waals surface area contributed by atoms with Gasteiger partial charge in [-0.1, -0.05) is 11.2 Å². The molecule has 0 aliphatic carbocycles. The van der Waals surface area contributed by atoms with E-state index >= 15 is 0 Å².